The largest absolute Gasteiger partial charge is 0.496 e. The van der Waals surface area contributed by atoms with Gasteiger partial charge in [0.1, 0.15) is 11.6 Å². The third-order valence-corrected chi connectivity index (χ3v) is 4.67. The zero-order valence-corrected chi connectivity index (χ0v) is 14.6. The van der Waals surface area contributed by atoms with Crippen LogP contribution < -0.4 is 15.4 Å². The number of hydrogen-bond acceptors (Lipinski definition) is 4. The topological polar surface area (TPSA) is 46.2 Å². The predicted octanol–water partition coefficient (Wildman–Crippen LogP) is 3.97. The summed E-state index contributed by atoms with van der Waals surface area (Å²) < 4.78 is 20.1. The first-order valence-corrected chi connectivity index (χ1v) is 8.61. The summed E-state index contributed by atoms with van der Waals surface area (Å²) in [6.45, 7) is 0.494. The van der Waals surface area contributed by atoms with E-state index in [9.17, 15) is 4.39 Å². The number of halogens is 1. The van der Waals surface area contributed by atoms with Crippen molar-refractivity contribution in [3.05, 3.63) is 53.8 Å². The number of benzene rings is 2. The minimum Gasteiger partial charge on any atom is -0.496 e. The maximum absolute atomic E-state index is 13.9. The Morgan fingerprint density at radius 1 is 1.25 bits per heavy atom. The number of nitrogens with zero attached hydrogens (tertiary/aromatic N) is 1. The highest BCUT2D eigenvalue weighted by Gasteiger charge is 2.09. The Morgan fingerprint density at radius 3 is 2.88 bits per heavy atom. The second kappa shape index (κ2) is 7.55. The molecule has 24 heavy (non-hydrogen) atoms. The van der Waals surface area contributed by atoms with Crippen LogP contribution in [0.4, 0.5) is 9.52 Å². The SMILES string of the molecule is COc1cccc(F)c1CCNC(=S)Nc1nc2ccccc2s1. The van der Waals surface area contributed by atoms with Crippen LogP contribution in [-0.4, -0.2) is 23.8 Å². The molecule has 0 bridgehead atoms. The summed E-state index contributed by atoms with van der Waals surface area (Å²) >= 11 is 6.80. The first-order valence-electron chi connectivity index (χ1n) is 7.39. The molecule has 2 N–H and O–H groups in total. The number of methoxy groups -OCH3 is 1. The summed E-state index contributed by atoms with van der Waals surface area (Å²) in [7, 11) is 1.53. The lowest BCUT2D eigenvalue weighted by Crippen LogP contribution is -2.30. The Bertz CT molecular complexity index is 833. The Morgan fingerprint density at radius 2 is 2.08 bits per heavy atom. The van der Waals surface area contributed by atoms with Gasteiger partial charge < -0.3 is 15.4 Å². The number of hydrogen-bond donors (Lipinski definition) is 2. The number of anilines is 1. The van der Waals surface area contributed by atoms with E-state index in [0.29, 0.717) is 29.4 Å². The van der Waals surface area contributed by atoms with E-state index in [1.165, 1.54) is 24.5 Å². The van der Waals surface area contributed by atoms with Crippen molar-refractivity contribution in [1.29, 1.82) is 0 Å². The molecule has 7 heteroatoms. The Labute approximate surface area is 148 Å². The fourth-order valence-electron chi connectivity index (χ4n) is 2.34. The van der Waals surface area contributed by atoms with Crippen LogP contribution in [0.3, 0.4) is 0 Å². The molecule has 0 spiro atoms. The van der Waals surface area contributed by atoms with Crippen molar-refractivity contribution < 1.29 is 9.13 Å². The van der Waals surface area contributed by atoms with E-state index in [1.54, 1.807) is 12.1 Å². The number of thiazole rings is 1. The zero-order chi connectivity index (χ0) is 16.9. The van der Waals surface area contributed by atoms with Crippen LogP contribution in [0.5, 0.6) is 5.75 Å². The van der Waals surface area contributed by atoms with Crippen LogP contribution in [-0.2, 0) is 6.42 Å². The van der Waals surface area contributed by atoms with E-state index >= 15 is 0 Å². The molecule has 1 aromatic heterocycles. The number of nitrogens with one attached hydrogen (secondary N) is 2. The Balaban J connectivity index is 1.56. The minimum atomic E-state index is -0.277. The van der Waals surface area contributed by atoms with Crippen LogP contribution in [0.2, 0.25) is 0 Å². The zero-order valence-electron chi connectivity index (χ0n) is 13.0. The second-order valence-electron chi connectivity index (χ2n) is 5.04. The van der Waals surface area contributed by atoms with Gasteiger partial charge in [0, 0.05) is 12.1 Å². The maximum atomic E-state index is 13.9. The summed E-state index contributed by atoms with van der Waals surface area (Å²) in [6, 6.07) is 12.7. The third kappa shape index (κ3) is 3.80. The van der Waals surface area contributed by atoms with Crippen LogP contribution in [0.1, 0.15) is 5.56 Å². The number of ether oxygens (including phenoxy) is 1. The smallest absolute Gasteiger partial charge is 0.190 e. The van der Waals surface area contributed by atoms with E-state index in [-0.39, 0.29) is 5.82 Å². The molecule has 0 saturated heterocycles. The van der Waals surface area contributed by atoms with Crippen molar-refractivity contribution in [1.82, 2.24) is 10.3 Å². The molecule has 0 aliphatic heterocycles. The molecule has 2 aromatic carbocycles. The molecule has 0 saturated carbocycles. The molecular formula is C17H16FN3OS2. The van der Waals surface area contributed by atoms with Crippen LogP contribution in [0.15, 0.2) is 42.5 Å². The van der Waals surface area contributed by atoms with Gasteiger partial charge in [-0.1, -0.05) is 29.5 Å². The van der Waals surface area contributed by atoms with Gasteiger partial charge in [-0.3, -0.25) is 0 Å². The van der Waals surface area contributed by atoms with E-state index in [0.717, 1.165) is 15.3 Å². The van der Waals surface area contributed by atoms with Gasteiger partial charge in [0.05, 0.1) is 17.3 Å². The van der Waals surface area contributed by atoms with E-state index in [1.807, 2.05) is 24.3 Å². The molecule has 0 aliphatic carbocycles. The fourth-order valence-corrected chi connectivity index (χ4v) is 3.47. The van der Waals surface area contributed by atoms with Gasteiger partial charge in [-0.05, 0) is 42.9 Å². The number of aromatic nitrogens is 1. The molecule has 0 aliphatic rings. The first-order chi connectivity index (χ1) is 11.7. The molecule has 0 fully saturated rings. The molecule has 0 radical (unpaired) electrons. The molecule has 4 nitrogen and oxygen atoms in total. The first kappa shape index (κ1) is 16.6. The molecule has 0 unspecified atom stereocenters. The number of fused-ring (bicyclic) bond motifs is 1. The number of para-hydroxylation sites is 1. The molecule has 1 heterocycles. The second-order valence-corrected chi connectivity index (χ2v) is 6.48. The van der Waals surface area contributed by atoms with Crippen molar-refractivity contribution >= 4 is 44.0 Å². The van der Waals surface area contributed by atoms with E-state index < -0.39 is 0 Å². The van der Waals surface area contributed by atoms with E-state index in [2.05, 4.69) is 15.6 Å². The molecular weight excluding hydrogens is 345 g/mol. The highest BCUT2D eigenvalue weighted by atomic mass is 32.1. The van der Waals surface area contributed by atoms with Gasteiger partial charge in [0.25, 0.3) is 0 Å². The minimum absolute atomic E-state index is 0.277. The number of rotatable bonds is 5. The summed E-state index contributed by atoms with van der Waals surface area (Å²) in [5, 5.41) is 7.33. The Hall–Kier alpha value is -2.25. The maximum Gasteiger partial charge on any atom is 0.190 e. The molecule has 0 atom stereocenters. The lowest BCUT2D eigenvalue weighted by atomic mass is 10.1. The molecule has 0 amide bonds. The normalized spacial score (nSPS) is 10.6. The highest BCUT2D eigenvalue weighted by Crippen LogP contribution is 2.25. The monoisotopic (exact) mass is 361 g/mol. The van der Waals surface area contributed by atoms with Gasteiger partial charge in [0.2, 0.25) is 0 Å². The molecule has 124 valence electrons. The van der Waals surface area contributed by atoms with Crippen molar-refractivity contribution in [2.45, 2.75) is 6.42 Å². The van der Waals surface area contributed by atoms with Crippen molar-refractivity contribution in [2.24, 2.45) is 0 Å². The summed E-state index contributed by atoms with van der Waals surface area (Å²) in [5.41, 5.74) is 1.47. The van der Waals surface area contributed by atoms with Gasteiger partial charge in [0.15, 0.2) is 10.2 Å². The van der Waals surface area contributed by atoms with Crippen molar-refractivity contribution in [3.63, 3.8) is 0 Å². The van der Waals surface area contributed by atoms with Crippen LogP contribution in [0, 0.1) is 5.82 Å². The van der Waals surface area contributed by atoms with E-state index in [4.69, 9.17) is 17.0 Å². The quantitative estimate of drug-likeness (QED) is 0.673. The van der Waals surface area contributed by atoms with Gasteiger partial charge in [-0.2, -0.15) is 0 Å². The van der Waals surface area contributed by atoms with Gasteiger partial charge in [-0.15, -0.1) is 0 Å². The van der Waals surface area contributed by atoms with Crippen LogP contribution >= 0.6 is 23.6 Å². The fraction of sp³-hybridized carbons (Fsp3) is 0.176. The van der Waals surface area contributed by atoms with Crippen LogP contribution in [0.25, 0.3) is 10.2 Å². The lowest BCUT2D eigenvalue weighted by molar-refractivity contribution is 0.404. The standard InChI is InChI=1S/C17H16FN3OS2/c1-22-14-7-4-5-12(18)11(14)9-10-19-16(23)21-17-20-13-6-2-3-8-15(13)24-17/h2-8H,9-10H2,1H3,(H2,19,20,21,23). The van der Waals surface area contributed by atoms with Gasteiger partial charge in [-0.25, -0.2) is 9.37 Å². The summed E-state index contributed by atoms with van der Waals surface area (Å²) in [5.74, 6) is 0.267. The number of thiocarbonyl (C=S) groups is 1. The summed E-state index contributed by atoms with van der Waals surface area (Å²) in [6.07, 6.45) is 0.470. The average Bonchev–Trinajstić information content (AvgIpc) is 2.98. The van der Waals surface area contributed by atoms with Crippen molar-refractivity contribution in [2.75, 3.05) is 19.0 Å². The molecule has 3 aromatic rings. The van der Waals surface area contributed by atoms with Gasteiger partial charge >= 0.3 is 0 Å². The summed E-state index contributed by atoms with van der Waals surface area (Å²) in [4.78, 5) is 4.46. The molecule has 3 rings (SSSR count). The predicted molar refractivity (Wildman–Crippen MR) is 100 cm³/mol. The third-order valence-electron chi connectivity index (χ3n) is 3.47. The average molecular weight is 361 g/mol. The van der Waals surface area contributed by atoms with Crippen molar-refractivity contribution in [3.8, 4) is 5.75 Å². The lowest BCUT2D eigenvalue weighted by Gasteiger charge is -2.11. The highest BCUT2D eigenvalue weighted by molar-refractivity contribution is 7.80. The Kier molecular flexibility index (Phi) is 5.22.